The van der Waals surface area contributed by atoms with Gasteiger partial charge in [-0.1, -0.05) is 18.5 Å². The van der Waals surface area contributed by atoms with E-state index in [2.05, 4.69) is 9.97 Å². The van der Waals surface area contributed by atoms with E-state index in [0.717, 1.165) is 11.3 Å². The Kier molecular flexibility index (Phi) is 3.61. The van der Waals surface area contributed by atoms with E-state index in [-0.39, 0.29) is 0 Å². The summed E-state index contributed by atoms with van der Waals surface area (Å²) in [5.41, 5.74) is 2.85. The number of hydrogen-bond acceptors (Lipinski definition) is 3. The van der Waals surface area contributed by atoms with E-state index in [1.165, 1.54) is 16.0 Å². The van der Waals surface area contributed by atoms with Gasteiger partial charge in [0.2, 0.25) is 0 Å². The van der Waals surface area contributed by atoms with Crippen LogP contribution in [0.25, 0.3) is 11.0 Å². The van der Waals surface area contributed by atoms with Crippen molar-refractivity contribution in [2.75, 3.05) is 11.6 Å². The summed E-state index contributed by atoms with van der Waals surface area (Å²) in [5.74, 6) is 0. The first kappa shape index (κ1) is 13.6. The molecule has 2 aromatic heterocycles. The highest BCUT2D eigenvalue weighted by atomic mass is 35.5. The molecule has 0 spiro atoms. The van der Waals surface area contributed by atoms with E-state index in [1.807, 2.05) is 20.8 Å². The van der Waals surface area contributed by atoms with Crippen LogP contribution in [0.4, 0.5) is 4.79 Å². The highest BCUT2D eigenvalue weighted by molar-refractivity contribution is 6.33. The molecule has 2 heterocycles. The highest BCUT2D eigenvalue weighted by Crippen LogP contribution is 2.25. The zero-order valence-corrected chi connectivity index (χ0v) is 11.8. The molecule has 0 aromatic carbocycles. The van der Waals surface area contributed by atoms with Crippen molar-refractivity contribution in [1.82, 2.24) is 14.6 Å². The number of aryl methyl sites for hydroxylation is 2. The number of amides is 1. The van der Waals surface area contributed by atoms with Crippen molar-refractivity contribution >= 4 is 28.7 Å². The number of carboxylic acid groups (broad SMARTS) is 1. The van der Waals surface area contributed by atoms with Crippen LogP contribution >= 0.6 is 11.6 Å². The van der Waals surface area contributed by atoms with Crippen molar-refractivity contribution in [2.45, 2.75) is 27.2 Å². The van der Waals surface area contributed by atoms with Gasteiger partial charge in [-0.2, -0.15) is 0 Å². The van der Waals surface area contributed by atoms with Crippen LogP contribution in [-0.2, 0) is 0 Å². The van der Waals surface area contributed by atoms with Crippen LogP contribution in [0.15, 0.2) is 6.33 Å². The van der Waals surface area contributed by atoms with Gasteiger partial charge < -0.3 is 5.11 Å². The molecule has 1 N–H and O–H groups in total. The van der Waals surface area contributed by atoms with Gasteiger partial charge in [0.05, 0.1) is 5.52 Å². The van der Waals surface area contributed by atoms with Crippen LogP contribution < -0.4 is 5.01 Å². The van der Waals surface area contributed by atoms with E-state index in [4.69, 9.17) is 11.6 Å². The van der Waals surface area contributed by atoms with Crippen LogP contribution in [-0.4, -0.2) is 32.4 Å². The molecule has 0 saturated carbocycles. The molecule has 0 bridgehead atoms. The number of rotatable bonds is 3. The van der Waals surface area contributed by atoms with Crippen molar-refractivity contribution in [2.24, 2.45) is 0 Å². The Morgan fingerprint density at radius 1 is 1.53 bits per heavy atom. The normalized spacial score (nSPS) is 10.9. The maximum Gasteiger partial charge on any atom is 0.426 e. The van der Waals surface area contributed by atoms with Gasteiger partial charge in [-0.05, 0) is 25.8 Å². The summed E-state index contributed by atoms with van der Waals surface area (Å²) in [4.78, 5) is 19.7. The average Bonchev–Trinajstić information content (AvgIpc) is 2.77. The van der Waals surface area contributed by atoms with Crippen LogP contribution in [0.1, 0.15) is 24.6 Å². The lowest BCUT2D eigenvalue weighted by Gasteiger charge is -2.21. The number of carbonyl (C=O) groups is 1. The van der Waals surface area contributed by atoms with Gasteiger partial charge in [-0.3, -0.25) is 0 Å². The fourth-order valence-corrected chi connectivity index (χ4v) is 2.25. The van der Waals surface area contributed by atoms with Crippen molar-refractivity contribution < 1.29 is 9.90 Å². The molecule has 6 nitrogen and oxygen atoms in total. The van der Waals surface area contributed by atoms with Crippen LogP contribution in [0.2, 0.25) is 5.15 Å². The van der Waals surface area contributed by atoms with E-state index in [0.29, 0.717) is 29.2 Å². The summed E-state index contributed by atoms with van der Waals surface area (Å²) in [6.45, 7) is 6.02. The van der Waals surface area contributed by atoms with Crippen molar-refractivity contribution in [3.63, 3.8) is 0 Å². The number of nitrogens with zero attached hydrogens (tertiary/aromatic N) is 4. The molecule has 1 amide bonds. The fourth-order valence-electron chi connectivity index (χ4n) is 1.99. The van der Waals surface area contributed by atoms with E-state index in [9.17, 15) is 9.90 Å². The number of fused-ring (bicyclic) bond motifs is 1. The molecule has 0 aliphatic heterocycles. The Morgan fingerprint density at radius 2 is 2.21 bits per heavy atom. The zero-order valence-electron chi connectivity index (χ0n) is 11.0. The fraction of sp³-hybridized carbons (Fsp3) is 0.417. The van der Waals surface area contributed by atoms with Gasteiger partial charge in [0.25, 0.3) is 0 Å². The molecule has 0 saturated heterocycles. The molecule has 7 heteroatoms. The molecule has 2 rings (SSSR count). The van der Waals surface area contributed by atoms with E-state index >= 15 is 0 Å². The second-order valence-electron chi connectivity index (χ2n) is 4.31. The maximum atomic E-state index is 11.3. The molecule has 0 radical (unpaired) electrons. The lowest BCUT2D eigenvalue weighted by atomic mass is 10.2. The molecule has 0 aliphatic carbocycles. The van der Waals surface area contributed by atoms with E-state index < -0.39 is 6.09 Å². The van der Waals surface area contributed by atoms with Crippen molar-refractivity contribution in [3.8, 4) is 0 Å². The molecular weight excluding hydrogens is 268 g/mol. The minimum Gasteiger partial charge on any atom is -0.464 e. The summed E-state index contributed by atoms with van der Waals surface area (Å²) in [6.07, 6.45) is 1.16. The Bertz CT molecular complexity index is 638. The predicted molar refractivity (Wildman–Crippen MR) is 73.4 cm³/mol. The second kappa shape index (κ2) is 5.05. The van der Waals surface area contributed by atoms with Gasteiger partial charge in [0.1, 0.15) is 11.8 Å². The number of aromatic nitrogens is 3. The summed E-state index contributed by atoms with van der Waals surface area (Å²) < 4.78 is 1.52. The minimum absolute atomic E-state index is 0.290. The van der Waals surface area contributed by atoms with Crippen LogP contribution in [0.5, 0.6) is 0 Å². The van der Waals surface area contributed by atoms with E-state index in [1.54, 1.807) is 0 Å². The monoisotopic (exact) mass is 282 g/mol. The quantitative estimate of drug-likeness (QED) is 0.879. The third-order valence-corrected chi connectivity index (χ3v) is 3.29. The Hall–Kier alpha value is -1.82. The standard InChI is InChI=1S/C12H15ClN4O2/c1-4-5-16(12(18)19)17-6-14-9-10(17)7(2)8(3)15-11(9)13/h6H,4-5H2,1-3H3,(H,18,19). The van der Waals surface area contributed by atoms with Gasteiger partial charge in [-0.25, -0.2) is 24.4 Å². The smallest absolute Gasteiger partial charge is 0.426 e. The largest absolute Gasteiger partial charge is 0.464 e. The Labute approximate surface area is 115 Å². The van der Waals surface area contributed by atoms with Gasteiger partial charge in [0.15, 0.2) is 5.15 Å². The number of halogens is 1. The SMILES string of the molecule is CCCN(C(=O)O)n1cnc2c(Cl)nc(C)c(C)c21. The molecule has 0 atom stereocenters. The third kappa shape index (κ3) is 2.23. The van der Waals surface area contributed by atoms with Gasteiger partial charge >= 0.3 is 6.09 Å². The topological polar surface area (TPSA) is 71.2 Å². The van der Waals surface area contributed by atoms with Crippen molar-refractivity contribution in [1.29, 1.82) is 0 Å². The molecule has 0 fully saturated rings. The Morgan fingerprint density at radius 3 is 2.79 bits per heavy atom. The first-order valence-electron chi connectivity index (χ1n) is 5.97. The Balaban J connectivity index is 2.70. The molecule has 0 unspecified atom stereocenters. The first-order valence-corrected chi connectivity index (χ1v) is 6.35. The predicted octanol–water partition coefficient (Wildman–Crippen LogP) is 2.73. The van der Waals surface area contributed by atoms with Crippen molar-refractivity contribution in [3.05, 3.63) is 22.7 Å². The summed E-state index contributed by atoms with van der Waals surface area (Å²) in [7, 11) is 0. The molecule has 0 aliphatic rings. The first-order chi connectivity index (χ1) is 8.97. The number of pyridine rings is 1. The second-order valence-corrected chi connectivity index (χ2v) is 4.66. The molecular formula is C12H15ClN4O2. The summed E-state index contributed by atoms with van der Waals surface area (Å²) in [6, 6.07) is 0. The lowest BCUT2D eigenvalue weighted by Crippen LogP contribution is -2.39. The van der Waals surface area contributed by atoms with Gasteiger partial charge in [-0.15, -0.1) is 0 Å². The average molecular weight is 283 g/mol. The van der Waals surface area contributed by atoms with Crippen LogP contribution in [0, 0.1) is 13.8 Å². The molecule has 102 valence electrons. The maximum absolute atomic E-state index is 11.3. The lowest BCUT2D eigenvalue weighted by molar-refractivity contribution is 0.195. The molecule has 19 heavy (non-hydrogen) atoms. The number of hydrogen-bond donors (Lipinski definition) is 1. The van der Waals surface area contributed by atoms with Crippen LogP contribution in [0.3, 0.4) is 0 Å². The third-order valence-electron chi connectivity index (χ3n) is 3.03. The number of imidazole rings is 1. The summed E-state index contributed by atoms with van der Waals surface area (Å²) in [5, 5.41) is 10.8. The zero-order chi connectivity index (χ0) is 14.2. The molecule has 2 aromatic rings. The summed E-state index contributed by atoms with van der Waals surface area (Å²) >= 11 is 6.06. The van der Waals surface area contributed by atoms with Gasteiger partial charge in [0, 0.05) is 12.2 Å². The highest BCUT2D eigenvalue weighted by Gasteiger charge is 2.19. The minimum atomic E-state index is -1.02.